The fourth-order valence-electron chi connectivity index (χ4n) is 3.54. The fraction of sp³-hybridized carbons (Fsp3) is 0.300. The zero-order valence-electron chi connectivity index (χ0n) is 16.2. The highest BCUT2D eigenvalue weighted by molar-refractivity contribution is 5.91. The maximum absolute atomic E-state index is 13.1. The first-order valence-corrected chi connectivity index (χ1v) is 9.13. The predicted octanol–water partition coefficient (Wildman–Crippen LogP) is 2.04. The van der Waals surface area contributed by atoms with Crippen molar-refractivity contribution >= 4 is 22.8 Å². The molecule has 8 heteroatoms. The Bertz CT molecular complexity index is 1220. The van der Waals surface area contributed by atoms with Crippen LogP contribution in [0.2, 0.25) is 0 Å². The van der Waals surface area contributed by atoms with Gasteiger partial charge in [0.05, 0.1) is 18.3 Å². The Labute approximate surface area is 161 Å². The van der Waals surface area contributed by atoms with Crippen molar-refractivity contribution in [2.24, 2.45) is 12.1 Å². The van der Waals surface area contributed by atoms with Crippen LogP contribution in [-0.2, 0) is 20.1 Å². The van der Waals surface area contributed by atoms with Gasteiger partial charge in [0, 0.05) is 13.6 Å². The normalized spacial score (nSPS) is 16.2. The number of hydrazone groups is 1. The van der Waals surface area contributed by atoms with Crippen LogP contribution in [0.3, 0.4) is 0 Å². The second-order valence-corrected chi connectivity index (χ2v) is 6.96. The Balaban J connectivity index is 1.99. The lowest BCUT2D eigenvalue weighted by Crippen LogP contribution is -2.40. The average Bonchev–Trinajstić information content (AvgIpc) is 3.10. The molecule has 2 aromatic heterocycles. The minimum absolute atomic E-state index is 0.144. The standard InChI is InChI=1S/C20H22N6O2/c1-5-11-24-18(27)16-17(23(4)20(24)28)21-19-25(12-15-9-7-6-8-10-15)22-13(2)14(3)26(16)19/h5-10,14H,1,11-12H2,2-4H3/t14-/m0/s1. The highest BCUT2D eigenvalue weighted by Crippen LogP contribution is 2.30. The summed E-state index contributed by atoms with van der Waals surface area (Å²) in [5.74, 6) is 0.556. The van der Waals surface area contributed by atoms with Gasteiger partial charge < -0.3 is 0 Å². The molecule has 0 saturated heterocycles. The van der Waals surface area contributed by atoms with E-state index in [1.165, 1.54) is 9.13 Å². The van der Waals surface area contributed by atoms with Gasteiger partial charge in [0.1, 0.15) is 0 Å². The number of hydrogen-bond donors (Lipinski definition) is 0. The highest BCUT2D eigenvalue weighted by Gasteiger charge is 2.30. The van der Waals surface area contributed by atoms with Crippen molar-refractivity contribution in [2.45, 2.75) is 33.0 Å². The lowest BCUT2D eigenvalue weighted by Gasteiger charge is -2.29. The van der Waals surface area contributed by atoms with Crippen LogP contribution in [-0.4, -0.2) is 24.4 Å². The van der Waals surface area contributed by atoms with Crippen molar-refractivity contribution in [3.8, 4) is 0 Å². The Hall–Kier alpha value is -3.42. The molecule has 4 rings (SSSR count). The van der Waals surface area contributed by atoms with Gasteiger partial charge in [-0.15, -0.1) is 6.58 Å². The topological polar surface area (TPSA) is 77.4 Å². The van der Waals surface area contributed by atoms with Gasteiger partial charge in [-0.05, 0) is 19.4 Å². The molecule has 0 spiro atoms. The van der Waals surface area contributed by atoms with Gasteiger partial charge in [-0.3, -0.25) is 18.5 Å². The van der Waals surface area contributed by atoms with Gasteiger partial charge in [-0.25, -0.2) is 9.80 Å². The van der Waals surface area contributed by atoms with Crippen LogP contribution < -0.4 is 16.3 Å². The third-order valence-corrected chi connectivity index (χ3v) is 5.15. The Morgan fingerprint density at radius 1 is 1.21 bits per heavy atom. The maximum atomic E-state index is 13.1. The summed E-state index contributed by atoms with van der Waals surface area (Å²) >= 11 is 0. The van der Waals surface area contributed by atoms with Gasteiger partial charge in [-0.2, -0.15) is 10.1 Å². The van der Waals surface area contributed by atoms with Crippen molar-refractivity contribution in [3.05, 3.63) is 69.4 Å². The van der Waals surface area contributed by atoms with Crippen LogP contribution in [0.1, 0.15) is 25.5 Å². The van der Waals surface area contributed by atoms with Gasteiger partial charge in [0.2, 0.25) is 5.95 Å². The quantitative estimate of drug-likeness (QED) is 0.651. The Morgan fingerprint density at radius 3 is 2.61 bits per heavy atom. The molecule has 0 aliphatic carbocycles. The summed E-state index contributed by atoms with van der Waals surface area (Å²) in [4.78, 5) is 30.4. The van der Waals surface area contributed by atoms with E-state index < -0.39 is 5.69 Å². The Morgan fingerprint density at radius 2 is 1.93 bits per heavy atom. The fourth-order valence-corrected chi connectivity index (χ4v) is 3.54. The molecule has 0 unspecified atom stereocenters. The monoisotopic (exact) mass is 378 g/mol. The van der Waals surface area contributed by atoms with Crippen molar-refractivity contribution in [1.29, 1.82) is 0 Å². The number of aromatic nitrogens is 4. The van der Waals surface area contributed by atoms with E-state index in [2.05, 4.69) is 16.7 Å². The molecule has 1 aliphatic rings. The smallest absolute Gasteiger partial charge is 0.294 e. The van der Waals surface area contributed by atoms with Crippen LogP contribution in [0.15, 0.2) is 57.7 Å². The number of anilines is 1. The van der Waals surface area contributed by atoms with Gasteiger partial charge >= 0.3 is 5.69 Å². The molecule has 0 saturated carbocycles. The molecule has 8 nitrogen and oxygen atoms in total. The van der Waals surface area contributed by atoms with E-state index in [1.54, 1.807) is 18.1 Å². The molecule has 0 radical (unpaired) electrons. The third kappa shape index (κ3) is 2.60. The van der Waals surface area contributed by atoms with E-state index in [1.807, 2.05) is 48.7 Å². The molecule has 3 heterocycles. The van der Waals surface area contributed by atoms with E-state index in [4.69, 9.17) is 0 Å². The molecule has 0 N–H and O–H groups in total. The van der Waals surface area contributed by atoms with Crippen LogP contribution in [0.25, 0.3) is 11.2 Å². The van der Waals surface area contributed by atoms with Crippen molar-refractivity contribution < 1.29 is 0 Å². The molecule has 1 aliphatic heterocycles. The number of rotatable bonds is 4. The lowest BCUT2D eigenvalue weighted by atomic mass is 10.2. The minimum atomic E-state index is -0.409. The van der Waals surface area contributed by atoms with Crippen molar-refractivity contribution in [1.82, 2.24) is 18.7 Å². The highest BCUT2D eigenvalue weighted by atomic mass is 16.2. The molecule has 0 fully saturated rings. The first-order valence-electron chi connectivity index (χ1n) is 9.13. The summed E-state index contributed by atoms with van der Waals surface area (Å²) in [6, 6.07) is 9.79. The molecule has 1 aromatic carbocycles. The summed E-state index contributed by atoms with van der Waals surface area (Å²) in [6.45, 7) is 8.23. The molecular formula is C20H22N6O2. The number of benzene rings is 1. The van der Waals surface area contributed by atoms with Gasteiger partial charge in [0.25, 0.3) is 5.56 Å². The van der Waals surface area contributed by atoms with Gasteiger partial charge in [-0.1, -0.05) is 36.4 Å². The number of imidazole rings is 1. The van der Waals surface area contributed by atoms with E-state index in [-0.39, 0.29) is 18.1 Å². The molecule has 1 atom stereocenters. The third-order valence-electron chi connectivity index (χ3n) is 5.15. The lowest BCUT2D eigenvalue weighted by molar-refractivity contribution is 0.629. The minimum Gasteiger partial charge on any atom is -0.294 e. The number of fused-ring (bicyclic) bond motifs is 3. The SMILES string of the molecule is C=CCn1c(=O)c2c(nc3n2[C@@H](C)C(C)=NN3Cc2ccccc2)n(C)c1=O. The molecule has 0 amide bonds. The molecular weight excluding hydrogens is 356 g/mol. The molecule has 28 heavy (non-hydrogen) atoms. The Kier molecular flexibility index (Phi) is 4.26. The van der Waals surface area contributed by atoms with Gasteiger partial charge in [0.15, 0.2) is 11.2 Å². The van der Waals surface area contributed by atoms with E-state index in [0.717, 1.165) is 11.3 Å². The van der Waals surface area contributed by atoms with Crippen LogP contribution in [0, 0.1) is 0 Å². The zero-order chi connectivity index (χ0) is 20.0. The summed E-state index contributed by atoms with van der Waals surface area (Å²) < 4.78 is 4.47. The van der Waals surface area contributed by atoms with Crippen molar-refractivity contribution in [3.63, 3.8) is 0 Å². The number of aryl methyl sites for hydroxylation is 1. The first-order chi connectivity index (χ1) is 13.4. The van der Waals surface area contributed by atoms with E-state index in [0.29, 0.717) is 23.7 Å². The average molecular weight is 378 g/mol. The van der Waals surface area contributed by atoms with E-state index in [9.17, 15) is 9.59 Å². The second kappa shape index (κ2) is 6.63. The largest absolute Gasteiger partial charge is 0.332 e. The molecule has 144 valence electrons. The predicted molar refractivity (Wildman–Crippen MR) is 110 cm³/mol. The summed E-state index contributed by atoms with van der Waals surface area (Å²) in [6.07, 6.45) is 1.54. The summed E-state index contributed by atoms with van der Waals surface area (Å²) in [7, 11) is 1.63. The zero-order valence-corrected chi connectivity index (χ0v) is 16.2. The van der Waals surface area contributed by atoms with E-state index >= 15 is 0 Å². The first kappa shape index (κ1) is 18.0. The second-order valence-electron chi connectivity index (χ2n) is 6.96. The number of allylic oxidation sites excluding steroid dienone is 1. The summed E-state index contributed by atoms with van der Waals surface area (Å²) in [5, 5.41) is 6.47. The van der Waals surface area contributed by atoms with Crippen LogP contribution in [0.4, 0.5) is 5.95 Å². The molecule has 3 aromatic rings. The van der Waals surface area contributed by atoms with Crippen molar-refractivity contribution in [2.75, 3.05) is 5.01 Å². The molecule has 0 bridgehead atoms. The number of nitrogens with zero attached hydrogens (tertiary/aromatic N) is 6. The van der Waals surface area contributed by atoms with Crippen LogP contribution >= 0.6 is 0 Å². The summed E-state index contributed by atoms with van der Waals surface area (Å²) in [5.41, 5.74) is 1.93. The maximum Gasteiger partial charge on any atom is 0.332 e. The van der Waals surface area contributed by atoms with Crippen LogP contribution in [0.5, 0.6) is 0 Å². The number of hydrogen-bond acceptors (Lipinski definition) is 5.